The number of rotatable bonds is 2. The third-order valence-corrected chi connectivity index (χ3v) is 5.18. The zero-order valence-electron chi connectivity index (χ0n) is 16.0. The van der Waals surface area contributed by atoms with E-state index in [-0.39, 0.29) is 0 Å². The van der Waals surface area contributed by atoms with Crippen LogP contribution in [0.5, 0.6) is 0 Å². The van der Waals surface area contributed by atoms with Crippen molar-refractivity contribution in [3.05, 3.63) is 84.7 Å². The molecule has 2 heterocycles. The topological polar surface area (TPSA) is 17.3 Å². The van der Waals surface area contributed by atoms with Crippen molar-refractivity contribution in [2.75, 3.05) is 0 Å². The summed E-state index contributed by atoms with van der Waals surface area (Å²) in [4.78, 5) is 4.60. The van der Waals surface area contributed by atoms with Gasteiger partial charge in [0.15, 0.2) is 0 Å². The van der Waals surface area contributed by atoms with Crippen LogP contribution in [0.2, 0.25) is 0 Å². The number of benzene rings is 3. The molecule has 4 heteroatoms. The van der Waals surface area contributed by atoms with Gasteiger partial charge in [-0.25, -0.2) is 0 Å². The maximum atomic E-state index is 4.60. The Balaban J connectivity index is 0.000000932. The van der Waals surface area contributed by atoms with Crippen LogP contribution < -0.4 is 0 Å². The Morgan fingerprint density at radius 2 is 1.71 bits per heavy atom. The van der Waals surface area contributed by atoms with E-state index >= 15 is 0 Å². The van der Waals surface area contributed by atoms with Gasteiger partial charge >= 0.3 is 34.5 Å². The Morgan fingerprint density at radius 1 is 0.964 bits per heavy atom. The van der Waals surface area contributed by atoms with E-state index in [9.17, 15) is 0 Å². The number of hydrogen-bond donors (Lipinski definition) is 0. The molecule has 0 saturated heterocycles. The molecule has 0 unspecified atom stereocenters. The van der Waals surface area contributed by atoms with Gasteiger partial charge in [0.1, 0.15) is 0 Å². The molecule has 0 amide bonds. The molecular weight excluding hydrogens is 509 g/mol. The Bertz CT molecular complexity index is 1260. The van der Waals surface area contributed by atoms with Gasteiger partial charge in [0.05, 0.1) is 5.65 Å². The molecule has 134 valence electrons. The van der Waals surface area contributed by atoms with E-state index in [1.54, 1.807) is 0 Å². The van der Waals surface area contributed by atoms with Crippen molar-refractivity contribution in [1.29, 1.82) is 0 Å². The summed E-state index contributed by atoms with van der Waals surface area (Å²) in [5, 5.41) is 3.49. The number of imidazole rings is 1. The molecule has 5 rings (SSSR count). The van der Waals surface area contributed by atoms with Gasteiger partial charge in [-0.1, -0.05) is 61.7 Å². The predicted octanol–water partition coefficient (Wildman–Crippen LogP) is 7.11. The van der Waals surface area contributed by atoms with Crippen molar-refractivity contribution in [2.24, 2.45) is 0 Å². The second kappa shape index (κ2) is 8.30. The first-order chi connectivity index (χ1) is 13.7. The van der Waals surface area contributed by atoms with Gasteiger partial charge in [-0.3, -0.25) is 4.98 Å². The molecule has 0 aliphatic carbocycles. The van der Waals surface area contributed by atoms with E-state index < -0.39 is 0 Å². The van der Waals surface area contributed by atoms with Gasteiger partial charge in [0.25, 0.3) is 0 Å². The summed E-state index contributed by atoms with van der Waals surface area (Å²) >= 11 is 3.62. The Labute approximate surface area is 185 Å². The van der Waals surface area contributed by atoms with E-state index in [4.69, 9.17) is 0 Å². The SMILES string of the molecule is CC(C)c1ccc(-c2cccc3c4ccc[c-]c4c4nccn4c23)cc1.[Zn+][I]. The summed E-state index contributed by atoms with van der Waals surface area (Å²) in [6.07, 6.45) is 3.91. The Hall–Kier alpha value is -1.78. The molecule has 0 fully saturated rings. The molecular formula is C24H19IN2Zn. The first-order valence-electron chi connectivity index (χ1n) is 9.29. The summed E-state index contributed by atoms with van der Waals surface area (Å²) in [5.74, 6) is 0.538. The van der Waals surface area contributed by atoms with Crippen LogP contribution in [-0.2, 0) is 14.8 Å². The van der Waals surface area contributed by atoms with E-state index in [1.807, 2.05) is 24.5 Å². The fourth-order valence-corrected chi connectivity index (χ4v) is 3.82. The minimum atomic E-state index is 0.538. The summed E-state index contributed by atoms with van der Waals surface area (Å²) in [7, 11) is 0. The number of pyridine rings is 1. The molecule has 0 bridgehead atoms. The van der Waals surface area contributed by atoms with Crippen LogP contribution in [0.25, 0.3) is 38.4 Å². The Kier molecular flexibility index (Phi) is 5.79. The first-order valence-corrected chi connectivity index (χ1v) is 18.3. The second-order valence-corrected chi connectivity index (χ2v) is 7.06. The van der Waals surface area contributed by atoms with Gasteiger partial charge in [-0.05, 0) is 22.4 Å². The van der Waals surface area contributed by atoms with Crippen LogP contribution in [0.4, 0.5) is 0 Å². The molecule has 5 aromatic rings. The number of fused-ring (bicyclic) bond motifs is 6. The molecule has 2 nitrogen and oxygen atoms in total. The van der Waals surface area contributed by atoms with Crippen molar-refractivity contribution < 1.29 is 14.8 Å². The normalized spacial score (nSPS) is 11.2. The molecule has 0 aliphatic heterocycles. The zero-order chi connectivity index (χ0) is 19.7. The fourth-order valence-electron chi connectivity index (χ4n) is 3.82. The third-order valence-electron chi connectivity index (χ3n) is 5.18. The standard InChI is InChI=1S/C24H19N2.HI.Zn/c1-16(2)17-10-12-18(13-11-17)19-8-5-9-21-20-6-3-4-7-22(20)24-25-14-15-26(24)23(19)21;;/h3-6,8-16H,1-2H3;1H;/q-1;;+2/p-1. The van der Waals surface area contributed by atoms with Crippen molar-refractivity contribution in [2.45, 2.75) is 19.8 Å². The first kappa shape index (κ1) is 19.5. The fraction of sp³-hybridized carbons (Fsp3) is 0.125. The van der Waals surface area contributed by atoms with Crippen LogP contribution in [0.15, 0.2) is 73.1 Å². The zero-order valence-corrected chi connectivity index (χ0v) is 21.1. The molecule has 0 N–H and O–H groups in total. The summed E-state index contributed by atoms with van der Waals surface area (Å²) in [6, 6.07) is 25.0. The van der Waals surface area contributed by atoms with Crippen LogP contribution in [0, 0.1) is 6.07 Å². The molecule has 28 heavy (non-hydrogen) atoms. The number of halogens is 1. The van der Waals surface area contributed by atoms with E-state index in [0.29, 0.717) is 5.92 Å². The van der Waals surface area contributed by atoms with E-state index in [1.165, 1.54) is 47.8 Å². The van der Waals surface area contributed by atoms with Gasteiger partial charge in [-0.2, -0.15) is 0 Å². The van der Waals surface area contributed by atoms with Crippen LogP contribution in [-0.4, -0.2) is 9.38 Å². The van der Waals surface area contributed by atoms with Gasteiger partial charge in [0.2, 0.25) is 0 Å². The monoisotopic (exact) mass is 526 g/mol. The van der Waals surface area contributed by atoms with Gasteiger partial charge in [0, 0.05) is 23.5 Å². The van der Waals surface area contributed by atoms with Gasteiger partial charge in [-0.15, -0.1) is 29.7 Å². The molecule has 0 saturated carbocycles. The van der Waals surface area contributed by atoms with Crippen molar-refractivity contribution in [1.82, 2.24) is 9.38 Å². The molecule has 3 aromatic carbocycles. The summed E-state index contributed by atoms with van der Waals surface area (Å²) in [6.45, 7) is 4.45. The number of aromatic nitrogens is 2. The molecule has 0 radical (unpaired) electrons. The molecule has 0 atom stereocenters. The average molecular weight is 528 g/mol. The van der Waals surface area contributed by atoms with Crippen molar-refractivity contribution in [3.63, 3.8) is 0 Å². The maximum absolute atomic E-state index is 4.60. The minimum absolute atomic E-state index is 0.538. The average Bonchev–Trinajstić information content (AvgIpc) is 3.25. The second-order valence-electron chi connectivity index (χ2n) is 7.06. The van der Waals surface area contributed by atoms with Crippen molar-refractivity contribution >= 4 is 47.1 Å². The number of para-hydroxylation sites is 1. The van der Waals surface area contributed by atoms with E-state index in [0.717, 1.165) is 11.0 Å². The third kappa shape index (κ3) is 3.27. The molecule has 2 aromatic heterocycles. The number of nitrogens with zero attached hydrogens (tertiary/aromatic N) is 2. The predicted molar refractivity (Wildman–Crippen MR) is 123 cm³/mol. The quantitative estimate of drug-likeness (QED) is 0.103. The van der Waals surface area contributed by atoms with E-state index in [2.05, 4.69) is 97.6 Å². The Morgan fingerprint density at radius 3 is 2.46 bits per heavy atom. The molecule has 0 spiro atoms. The van der Waals surface area contributed by atoms with Crippen LogP contribution >= 0.6 is 19.8 Å². The van der Waals surface area contributed by atoms with Crippen LogP contribution in [0.3, 0.4) is 0 Å². The van der Waals surface area contributed by atoms with Gasteiger partial charge < -0.3 is 4.40 Å². The number of hydrogen-bond acceptors (Lipinski definition) is 1. The van der Waals surface area contributed by atoms with Crippen molar-refractivity contribution in [3.8, 4) is 11.1 Å². The summed E-state index contributed by atoms with van der Waals surface area (Å²) < 4.78 is 2.19. The molecule has 0 aliphatic rings. The summed E-state index contributed by atoms with van der Waals surface area (Å²) in [5.41, 5.74) is 5.98. The van der Waals surface area contributed by atoms with Crippen LogP contribution in [0.1, 0.15) is 25.3 Å².